The molecule has 0 bridgehead atoms. The Morgan fingerprint density at radius 2 is 2.10 bits per heavy atom. The van der Waals surface area contributed by atoms with E-state index in [9.17, 15) is 23.2 Å². The molecule has 0 saturated heterocycles. The largest absolute Gasteiger partial charge is 0.491 e. The van der Waals surface area contributed by atoms with E-state index in [1.54, 1.807) is 6.07 Å². The third-order valence-electron chi connectivity index (χ3n) is 4.15. The number of fused-ring (bicyclic) bond motifs is 1. The molecule has 1 atom stereocenters. The van der Waals surface area contributed by atoms with Crippen molar-refractivity contribution in [2.75, 3.05) is 7.11 Å². The summed E-state index contributed by atoms with van der Waals surface area (Å²) in [5.41, 5.74) is -1.63. The van der Waals surface area contributed by atoms with E-state index in [4.69, 9.17) is 11.6 Å². The van der Waals surface area contributed by atoms with Crippen LogP contribution >= 0.6 is 27.5 Å². The summed E-state index contributed by atoms with van der Waals surface area (Å²) in [6.45, 7) is 1.16. The second-order valence-corrected chi connectivity index (χ2v) is 7.62. The van der Waals surface area contributed by atoms with Gasteiger partial charge in [-0.2, -0.15) is 14.8 Å². The minimum atomic E-state index is -1.65. The molecule has 2 aromatic heterocycles. The van der Waals surface area contributed by atoms with Gasteiger partial charge in [-0.3, -0.25) is 14.5 Å². The standard InChI is InChI=1S/C18H12BrClF3N5O2/c1-18(6-24,7-28-16(19)14-11(27-28)3-8(20)5-25-14)26-17(29)9-4-10(21)15(30-2)13(23)12(9)22/h3-5H,7H2,1-2H3,(H,26,29). The highest BCUT2D eigenvalue weighted by Gasteiger charge is 2.32. The third kappa shape index (κ3) is 3.93. The first-order valence-corrected chi connectivity index (χ1v) is 9.40. The fourth-order valence-corrected chi connectivity index (χ4v) is 3.38. The van der Waals surface area contributed by atoms with Crippen molar-refractivity contribution in [1.82, 2.24) is 20.1 Å². The Kier molecular flexibility index (Phi) is 5.92. The van der Waals surface area contributed by atoms with Crippen molar-refractivity contribution >= 4 is 44.5 Å². The Labute approximate surface area is 181 Å². The highest BCUT2D eigenvalue weighted by molar-refractivity contribution is 9.10. The van der Waals surface area contributed by atoms with Gasteiger partial charge in [0.25, 0.3) is 5.91 Å². The molecule has 12 heteroatoms. The summed E-state index contributed by atoms with van der Waals surface area (Å²) in [7, 11) is 0.960. The number of nitrogens with zero attached hydrogens (tertiary/aromatic N) is 4. The van der Waals surface area contributed by atoms with Crippen LogP contribution in [0.25, 0.3) is 11.0 Å². The fraction of sp³-hybridized carbons (Fsp3) is 0.222. The lowest BCUT2D eigenvalue weighted by Crippen LogP contribution is -2.48. The van der Waals surface area contributed by atoms with Crippen LogP contribution in [-0.4, -0.2) is 33.3 Å². The van der Waals surface area contributed by atoms with Crippen LogP contribution < -0.4 is 10.1 Å². The van der Waals surface area contributed by atoms with E-state index in [1.165, 1.54) is 17.8 Å². The van der Waals surface area contributed by atoms with Gasteiger partial charge >= 0.3 is 0 Å². The zero-order valence-corrected chi connectivity index (χ0v) is 17.8. The molecule has 0 radical (unpaired) electrons. The predicted octanol–water partition coefficient (Wildman–Crippen LogP) is 3.99. The fourth-order valence-electron chi connectivity index (χ4n) is 2.72. The van der Waals surface area contributed by atoms with Gasteiger partial charge in [0, 0.05) is 6.20 Å². The maximum Gasteiger partial charge on any atom is 0.255 e. The molecule has 2 heterocycles. The number of aromatic nitrogens is 3. The summed E-state index contributed by atoms with van der Waals surface area (Å²) >= 11 is 9.21. The van der Waals surface area contributed by atoms with Gasteiger partial charge in [-0.1, -0.05) is 11.6 Å². The lowest BCUT2D eigenvalue weighted by atomic mass is 10.0. The van der Waals surface area contributed by atoms with Gasteiger partial charge in [0.15, 0.2) is 17.4 Å². The van der Waals surface area contributed by atoms with Gasteiger partial charge in [-0.15, -0.1) is 0 Å². The number of carbonyl (C=O) groups excluding carboxylic acids is 1. The summed E-state index contributed by atoms with van der Waals surface area (Å²) in [6.07, 6.45) is 1.42. The van der Waals surface area contributed by atoms with Crippen molar-refractivity contribution in [3.63, 3.8) is 0 Å². The average Bonchev–Trinajstić information content (AvgIpc) is 2.99. The molecule has 3 aromatic rings. The monoisotopic (exact) mass is 501 g/mol. The number of rotatable bonds is 5. The van der Waals surface area contributed by atoms with Gasteiger partial charge in [0.05, 0.1) is 30.3 Å². The Balaban J connectivity index is 1.92. The van der Waals surface area contributed by atoms with Crippen molar-refractivity contribution in [3.8, 4) is 11.8 Å². The molecule has 0 spiro atoms. The average molecular weight is 503 g/mol. The quantitative estimate of drug-likeness (QED) is 0.533. The van der Waals surface area contributed by atoms with Crippen LogP contribution in [0.3, 0.4) is 0 Å². The lowest BCUT2D eigenvalue weighted by Gasteiger charge is -2.24. The normalized spacial score (nSPS) is 13.0. The van der Waals surface area contributed by atoms with Gasteiger partial charge in [-0.05, 0) is 35.0 Å². The molecule has 1 N–H and O–H groups in total. The van der Waals surface area contributed by atoms with E-state index in [0.29, 0.717) is 26.7 Å². The Bertz CT molecular complexity index is 1210. The van der Waals surface area contributed by atoms with Gasteiger partial charge < -0.3 is 10.1 Å². The molecule has 0 fully saturated rings. The summed E-state index contributed by atoms with van der Waals surface area (Å²) in [5, 5.41) is 16.5. The molecular weight excluding hydrogens is 491 g/mol. The SMILES string of the molecule is COc1c(F)cc(C(=O)NC(C)(C#N)Cn2nc3cc(Cl)cnc3c2Br)c(F)c1F. The molecule has 156 valence electrons. The van der Waals surface area contributed by atoms with Crippen LogP contribution in [0.1, 0.15) is 17.3 Å². The second kappa shape index (κ2) is 8.12. The van der Waals surface area contributed by atoms with Crippen molar-refractivity contribution in [1.29, 1.82) is 5.26 Å². The first-order valence-electron chi connectivity index (χ1n) is 8.23. The molecule has 0 saturated carbocycles. The van der Waals surface area contributed by atoms with Gasteiger partial charge in [-0.25, -0.2) is 8.78 Å². The number of nitriles is 1. The number of nitrogens with one attached hydrogen (secondary N) is 1. The van der Waals surface area contributed by atoms with Gasteiger partial charge in [0.2, 0.25) is 5.82 Å². The highest BCUT2D eigenvalue weighted by atomic mass is 79.9. The summed E-state index contributed by atoms with van der Waals surface area (Å²) in [5.74, 6) is -6.65. The molecule has 0 aliphatic heterocycles. The molecule has 1 amide bonds. The van der Waals surface area contributed by atoms with Crippen LogP contribution in [0.4, 0.5) is 13.2 Å². The number of halogens is 5. The summed E-state index contributed by atoms with van der Waals surface area (Å²) in [4.78, 5) is 16.6. The predicted molar refractivity (Wildman–Crippen MR) is 105 cm³/mol. The number of benzene rings is 1. The second-order valence-electron chi connectivity index (χ2n) is 6.43. The van der Waals surface area contributed by atoms with Crippen LogP contribution in [-0.2, 0) is 6.54 Å². The number of hydrogen-bond donors (Lipinski definition) is 1. The van der Waals surface area contributed by atoms with Crippen molar-refractivity contribution < 1.29 is 22.7 Å². The van der Waals surface area contributed by atoms with Crippen molar-refractivity contribution in [2.45, 2.75) is 19.0 Å². The molecule has 3 rings (SSSR count). The number of methoxy groups -OCH3 is 1. The minimum Gasteiger partial charge on any atom is -0.491 e. The highest BCUT2D eigenvalue weighted by Crippen LogP contribution is 2.28. The molecular formula is C18H12BrClF3N5O2. The van der Waals surface area contributed by atoms with E-state index >= 15 is 0 Å². The van der Waals surface area contributed by atoms with Crippen LogP contribution in [0, 0.1) is 28.8 Å². The third-order valence-corrected chi connectivity index (χ3v) is 5.14. The topological polar surface area (TPSA) is 92.8 Å². The Hall–Kier alpha value is -2.84. The maximum atomic E-state index is 14.2. The first-order chi connectivity index (χ1) is 14.1. The van der Waals surface area contributed by atoms with E-state index in [1.807, 2.05) is 6.07 Å². The van der Waals surface area contributed by atoms with Crippen LogP contribution in [0.5, 0.6) is 5.75 Å². The Morgan fingerprint density at radius 3 is 2.73 bits per heavy atom. The Morgan fingerprint density at radius 1 is 1.40 bits per heavy atom. The molecule has 30 heavy (non-hydrogen) atoms. The maximum absolute atomic E-state index is 14.2. The first kappa shape index (κ1) is 21.9. The molecule has 1 unspecified atom stereocenters. The van der Waals surface area contributed by atoms with Crippen molar-refractivity contribution in [2.24, 2.45) is 0 Å². The zero-order valence-electron chi connectivity index (χ0n) is 15.4. The van der Waals surface area contributed by atoms with E-state index < -0.39 is 40.2 Å². The molecule has 0 aliphatic rings. The van der Waals surface area contributed by atoms with Crippen LogP contribution in [0.2, 0.25) is 5.02 Å². The van der Waals surface area contributed by atoms with E-state index in [-0.39, 0.29) is 6.54 Å². The molecule has 0 aliphatic carbocycles. The van der Waals surface area contributed by atoms with Crippen molar-refractivity contribution in [3.05, 3.63) is 51.0 Å². The lowest BCUT2D eigenvalue weighted by molar-refractivity contribution is 0.0911. The summed E-state index contributed by atoms with van der Waals surface area (Å²) in [6, 6.07) is 3.94. The smallest absolute Gasteiger partial charge is 0.255 e. The number of carbonyl (C=O) groups is 1. The molecule has 7 nitrogen and oxygen atoms in total. The number of amides is 1. The van der Waals surface area contributed by atoms with Crippen LogP contribution in [0.15, 0.2) is 22.9 Å². The van der Waals surface area contributed by atoms with E-state index in [2.05, 4.69) is 36.1 Å². The number of hydrogen-bond acceptors (Lipinski definition) is 5. The zero-order chi connectivity index (χ0) is 22.2. The number of pyridine rings is 1. The minimum absolute atomic E-state index is 0.188. The molecule has 1 aromatic carbocycles. The summed E-state index contributed by atoms with van der Waals surface area (Å²) < 4.78 is 48.2. The van der Waals surface area contributed by atoms with E-state index in [0.717, 1.165) is 7.11 Å². The number of ether oxygens (including phenoxy) is 1. The van der Waals surface area contributed by atoms with Gasteiger partial charge in [0.1, 0.15) is 21.2 Å².